The van der Waals surface area contributed by atoms with E-state index in [0.717, 1.165) is 0 Å². The van der Waals surface area contributed by atoms with Gasteiger partial charge in [-0.2, -0.15) is 0 Å². The molecule has 0 unspecified atom stereocenters. The quantitative estimate of drug-likeness (QED) is 0.546. The Bertz CT molecular complexity index is 79.8. The van der Waals surface area contributed by atoms with E-state index in [1.165, 1.54) is 7.11 Å². The van der Waals surface area contributed by atoms with Crippen molar-refractivity contribution in [3.05, 3.63) is 0 Å². The van der Waals surface area contributed by atoms with Gasteiger partial charge in [0.15, 0.2) is 0 Å². The van der Waals surface area contributed by atoms with Crippen LogP contribution < -0.4 is 0 Å². The summed E-state index contributed by atoms with van der Waals surface area (Å²) >= 11 is -2.22. The van der Waals surface area contributed by atoms with Crippen molar-refractivity contribution < 1.29 is 9.53 Å². The molecule has 62 valence electrons. The summed E-state index contributed by atoms with van der Waals surface area (Å²) in [6, 6.07) is 0. The van der Waals surface area contributed by atoms with Gasteiger partial charge in [0.1, 0.15) is 0 Å². The van der Waals surface area contributed by atoms with Crippen LogP contribution in [-0.2, 0) is 9.53 Å². The molecule has 0 aliphatic carbocycles. The Morgan fingerprint density at radius 2 is 1.80 bits per heavy atom. The third kappa shape index (κ3) is 22.9. The van der Waals surface area contributed by atoms with E-state index in [0.29, 0.717) is 6.42 Å². The molecule has 0 atom stereocenters. The van der Waals surface area contributed by atoms with Gasteiger partial charge in [-0.05, 0) is 0 Å². The molecular formula is C4H9Cl3O2Sn. The molecule has 0 N–H and O–H groups in total. The fraction of sp³-hybridized carbons (Fsp3) is 0.750. The fourth-order valence-corrected chi connectivity index (χ4v) is 0.144. The molecule has 0 spiro atoms. The summed E-state index contributed by atoms with van der Waals surface area (Å²) < 4.78 is 4.26. The maximum atomic E-state index is 9.96. The molecule has 0 aromatic carbocycles. The van der Waals surface area contributed by atoms with Gasteiger partial charge in [0.05, 0.1) is 7.11 Å². The van der Waals surface area contributed by atoms with Crippen LogP contribution in [0, 0.1) is 0 Å². The molecule has 6 heteroatoms. The van der Waals surface area contributed by atoms with E-state index in [2.05, 4.69) is 4.74 Å². The molecule has 0 aliphatic heterocycles. The molecule has 0 fully saturated rings. The van der Waals surface area contributed by atoms with Crippen LogP contribution in [0.2, 0.25) is 0 Å². The van der Waals surface area contributed by atoms with Gasteiger partial charge < -0.3 is 4.74 Å². The molecule has 0 aliphatic rings. The zero-order chi connectivity index (χ0) is 8.57. The van der Waals surface area contributed by atoms with Crippen molar-refractivity contribution in [3.63, 3.8) is 0 Å². The van der Waals surface area contributed by atoms with E-state index in [4.69, 9.17) is 26.8 Å². The van der Waals surface area contributed by atoms with Gasteiger partial charge in [-0.25, -0.2) is 0 Å². The van der Waals surface area contributed by atoms with Crippen molar-refractivity contribution >= 4 is 49.1 Å². The van der Waals surface area contributed by atoms with Crippen LogP contribution in [0.5, 0.6) is 0 Å². The first-order valence-electron chi connectivity index (χ1n) is 2.53. The summed E-state index contributed by atoms with van der Waals surface area (Å²) in [6.07, 6.45) is 0.469. The van der Waals surface area contributed by atoms with E-state index in [9.17, 15) is 4.79 Å². The van der Waals surface area contributed by atoms with Crippen LogP contribution >= 0.6 is 26.8 Å². The van der Waals surface area contributed by atoms with Crippen molar-refractivity contribution in [1.29, 1.82) is 0 Å². The number of carbonyl (C=O) groups is 1. The molecule has 0 amide bonds. The molecular weight excluding hydrogens is 305 g/mol. The first kappa shape index (κ1) is 13.7. The third-order valence-electron chi connectivity index (χ3n) is 0.516. The molecule has 0 saturated heterocycles. The second-order valence-electron chi connectivity index (χ2n) is 1.18. The number of esters is 1. The first-order valence-corrected chi connectivity index (χ1v) is 15.1. The van der Waals surface area contributed by atoms with Gasteiger partial charge in [-0.3, -0.25) is 4.79 Å². The maximum absolute atomic E-state index is 9.96. The predicted octanol–water partition coefficient (Wildman–Crippen LogP) is 1.99. The molecule has 0 heterocycles. The van der Waals surface area contributed by atoms with Crippen molar-refractivity contribution in [2.24, 2.45) is 0 Å². The third-order valence-corrected chi connectivity index (χ3v) is 0.516. The van der Waals surface area contributed by atoms with Gasteiger partial charge in [-0.15, -0.1) is 0 Å². The average Bonchev–Trinajstić information content (AvgIpc) is 1.85. The van der Waals surface area contributed by atoms with E-state index < -0.39 is 16.4 Å². The Labute approximate surface area is 78.7 Å². The Hall–Kier alpha value is 1.14. The van der Waals surface area contributed by atoms with Gasteiger partial charge >= 0.3 is 49.1 Å². The Kier molecular flexibility index (Phi) is 13.9. The number of methoxy groups -OCH3 is 1. The zero-order valence-electron chi connectivity index (χ0n) is 5.73. The number of carbonyl (C=O) groups excluding carboxylic acids is 1. The molecule has 0 bridgehead atoms. The first-order chi connectivity index (χ1) is 4.54. The van der Waals surface area contributed by atoms with Crippen LogP contribution in [0.1, 0.15) is 13.3 Å². The van der Waals surface area contributed by atoms with Gasteiger partial charge in [0.25, 0.3) is 0 Å². The fourth-order valence-electron chi connectivity index (χ4n) is 0.144. The van der Waals surface area contributed by atoms with Gasteiger partial charge in [0.2, 0.25) is 0 Å². The topological polar surface area (TPSA) is 26.3 Å². The standard InChI is InChI=1S/C4H8O2.3ClH.Sn.H/c1-3-4(5)6-2;;;;;/h3H2,1-2H3;3*1H;;/q;;;;+3;/p-3. The second kappa shape index (κ2) is 10.1. The monoisotopic (exact) mass is 314 g/mol. The van der Waals surface area contributed by atoms with Crippen molar-refractivity contribution in [1.82, 2.24) is 0 Å². The molecule has 10 heavy (non-hydrogen) atoms. The van der Waals surface area contributed by atoms with Crippen LogP contribution in [0.15, 0.2) is 0 Å². The minimum absolute atomic E-state index is 0.157. The van der Waals surface area contributed by atoms with Crippen LogP contribution in [-0.4, -0.2) is 29.5 Å². The molecule has 0 rings (SSSR count). The van der Waals surface area contributed by atoms with E-state index in [-0.39, 0.29) is 5.97 Å². The molecule has 0 aromatic rings. The van der Waals surface area contributed by atoms with Crippen LogP contribution in [0.25, 0.3) is 0 Å². The van der Waals surface area contributed by atoms with Crippen molar-refractivity contribution in [2.75, 3.05) is 7.11 Å². The number of ether oxygens (including phenoxy) is 1. The van der Waals surface area contributed by atoms with Crippen molar-refractivity contribution in [3.8, 4) is 0 Å². The summed E-state index contributed by atoms with van der Waals surface area (Å²) in [4.78, 5) is 9.96. The molecule has 0 saturated carbocycles. The second-order valence-corrected chi connectivity index (χ2v) is 15.9. The van der Waals surface area contributed by atoms with Crippen LogP contribution in [0.4, 0.5) is 0 Å². The Morgan fingerprint density at radius 3 is 1.80 bits per heavy atom. The number of rotatable bonds is 1. The molecule has 2 nitrogen and oxygen atoms in total. The minimum atomic E-state index is -2.22. The van der Waals surface area contributed by atoms with Crippen molar-refractivity contribution in [2.45, 2.75) is 13.3 Å². The van der Waals surface area contributed by atoms with Gasteiger partial charge in [-0.1, -0.05) is 6.92 Å². The average molecular weight is 314 g/mol. The summed E-state index contributed by atoms with van der Waals surface area (Å²) in [5.41, 5.74) is 0. The summed E-state index contributed by atoms with van der Waals surface area (Å²) in [7, 11) is 16.4. The zero-order valence-corrected chi connectivity index (χ0v) is 11.3. The number of hydrogen-bond acceptors (Lipinski definition) is 2. The summed E-state index contributed by atoms with van der Waals surface area (Å²) in [5, 5.41) is 0. The SMILES string of the molecule is CCC(=O)OC.[Cl][SnH]([Cl])[Cl]. The Balaban J connectivity index is 0. The molecule has 0 radical (unpaired) electrons. The summed E-state index contributed by atoms with van der Waals surface area (Å²) in [6.45, 7) is 1.76. The van der Waals surface area contributed by atoms with E-state index in [1.807, 2.05) is 0 Å². The number of hydrogen-bond donors (Lipinski definition) is 0. The van der Waals surface area contributed by atoms with Gasteiger partial charge in [0, 0.05) is 6.42 Å². The van der Waals surface area contributed by atoms with Crippen LogP contribution in [0.3, 0.4) is 0 Å². The summed E-state index contributed by atoms with van der Waals surface area (Å²) in [5.74, 6) is -0.157. The van der Waals surface area contributed by atoms with E-state index >= 15 is 0 Å². The normalized spacial score (nSPS) is 8.20. The molecule has 0 aromatic heterocycles. The Morgan fingerprint density at radius 1 is 1.50 bits per heavy atom. The van der Waals surface area contributed by atoms with E-state index in [1.54, 1.807) is 6.92 Å². The number of halogens is 3. The predicted molar refractivity (Wildman–Crippen MR) is 47.0 cm³/mol.